The number of benzene rings is 2. The Labute approximate surface area is 202 Å². The van der Waals surface area contributed by atoms with Gasteiger partial charge >= 0.3 is 6.09 Å². The van der Waals surface area contributed by atoms with E-state index in [1.807, 2.05) is 12.1 Å². The van der Waals surface area contributed by atoms with Gasteiger partial charge < -0.3 is 21.1 Å². The number of nitrogens with one attached hydrogen (secondary N) is 3. The fourth-order valence-corrected chi connectivity index (χ4v) is 4.22. The summed E-state index contributed by atoms with van der Waals surface area (Å²) in [5.74, 6) is -0.231. The molecular formula is C25H26ClN5O3. The molecule has 9 heteroatoms. The van der Waals surface area contributed by atoms with E-state index in [1.165, 1.54) is 0 Å². The zero-order chi connectivity index (χ0) is 23.9. The average Bonchev–Trinajstić information content (AvgIpc) is 2.85. The lowest BCUT2D eigenvalue weighted by molar-refractivity contribution is 0.0591. The first-order valence-electron chi connectivity index (χ1n) is 11.0. The van der Waals surface area contributed by atoms with Crippen LogP contribution in [-0.2, 0) is 4.74 Å². The van der Waals surface area contributed by atoms with E-state index in [-0.39, 0.29) is 5.92 Å². The molecule has 4 rings (SSSR count). The summed E-state index contributed by atoms with van der Waals surface area (Å²) >= 11 is 6.14. The number of piperidine rings is 1. The molecule has 1 unspecified atom stereocenters. The van der Waals surface area contributed by atoms with Gasteiger partial charge in [0.05, 0.1) is 22.0 Å². The fraction of sp³-hybridized carbons (Fsp3) is 0.240. The zero-order valence-corrected chi connectivity index (χ0v) is 19.2. The van der Waals surface area contributed by atoms with Crippen molar-refractivity contribution in [3.63, 3.8) is 0 Å². The highest BCUT2D eigenvalue weighted by atomic mass is 35.5. The van der Waals surface area contributed by atoms with Gasteiger partial charge in [0.25, 0.3) is 5.91 Å². The fourth-order valence-electron chi connectivity index (χ4n) is 4.00. The quantitative estimate of drug-likeness (QED) is 0.375. The lowest BCUT2D eigenvalue weighted by Gasteiger charge is -2.30. The second kappa shape index (κ2) is 11.0. The molecule has 5 N–H and O–H groups in total. The Kier molecular flexibility index (Phi) is 7.61. The summed E-state index contributed by atoms with van der Waals surface area (Å²) in [4.78, 5) is 29.8. The minimum atomic E-state index is -0.640. The van der Waals surface area contributed by atoms with Crippen molar-refractivity contribution in [1.82, 2.24) is 10.3 Å². The Balaban J connectivity index is 1.52. The summed E-state index contributed by atoms with van der Waals surface area (Å²) in [5, 5.41) is 9.18. The van der Waals surface area contributed by atoms with Crippen LogP contribution in [0.2, 0.25) is 5.02 Å². The SMILES string of the molecule is Nc1ccc(NC(=O)c2ccccc2Cl)c(NC(=O)OC(c2ccncc2)C2CCNCC2)c1. The Morgan fingerprint density at radius 1 is 1.03 bits per heavy atom. The number of amides is 2. The van der Waals surface area contributed by atoms with Gasteiger partial charge in [-0.1, -0.05) is 23.7 Å². The Morgan fingerprint density at radius 2 is 1.76 bits per heavy atom. The van der Waals surface area contributed by atoms with Crippen LogP contribution in [0, 0.1) is 5.92 Å². The van der Waals surface area contributed by atoms with E-state index in [0.29, 0.717) is 27.6 Å². The van der Waals surface area contributed by atoms with Crippen LogP contribution in [0.5, 0.6) is 0 Å². The monoisotopic (exact) mass is 479 g/mol. The summed E-state index contributed by atoms with van der Waals surface area (Å²) in [5.41, 5.74) is 8.27. The summed E-state index contributed by atoms with van der Waals surface area (Å²) < 4.78 is 5.90. The number of nitrogens with two attached hydrogens (primary N) is 1. The van der Waals surface area contributed by atoms with Crippen LogP contribution in [0.3, 0.4) is 0 Å². The number of ether oxygens (including phenoxy) is 1. The number of anilines is 3. The van der Waals surface area contributed by atoms with E-state index in [2.05, 4.69) is 20.9 Å². The topological polar surface area (TPSA) is 118 Å². The number of carbonyl (C=O) groups excluding carboxylic acids is 2. The third kappa shape index (κ3) is 5.84. The standard InChI is InChI=1S/C25H26ClN5O3/c26-20-4-2-1-3-19(20)24(32)30-21-6-5-18(27)15-22(21)31-25(33)34-23(16-7-11-28-12-8-16)17-9-13-29-14-10-17/h1-8,11-12,15,17,23,29H,9-10,13-14,27H2,(H,30,32)(H,31,33). The van der Waals surface area contributed by atoms with E-state index in [0.717, 1.165) is 31.5 Å². The lowest BCUT2D eigenvalue weighted by atomic mass is 9.88. The molecule has 8 nitrogen and oxygen atoms in total. The molecule has 1 aliphatic heterocycles. The highest BCUT2D eigenvalue weighted by Crippen LogP contribution is 2.33. The van der Waals surface area contributed by atoms with Crippen molar-refractivity contribution in [3.8, 4) is 0 Å². The molecule has 1 aromatic heterocycles. The number of pyridine rings is 1. The van der Waals surface area contributed by atoms with E-state index < -0.39 is 18.1 Å². The van der Waals surface area contributed by atoms with Crippen LogP contribution < -0.4 is 21.7 Å². The minimum absolute atomic E-state index is 0.176. The molecule has 3 aromatic rings. The lowest BCUT2D eigenvalue weighted by Crippen LogP contribution is -2.33. The molecule has 0 spiro atoms. The van der Waals surface area contributed by atoms with Crippen molar-refractivity contribution in [2.45, 2.75) is 18.9 Å². The number of aromatic nitrogens is 1. The van der Waals surface area contributed by atoms with Crippen molar-refractivity contribution in [2.24, 2.45) is 5.92 Å². The van der Waals surface area contributed by atoms with E-state index in [4.69, 9.17) is 22.1 Å². The van der Waals surface area contributed by atoms with Gasteiger partial charge in [0.2, 0.25) is 0 Å². The summed E-state index contributed by atoms with van der Waals surface area (Å²) in [6.45, 7) is 1.73. The van der Waals surface area contributed by atoms with Crippen molar-refractivity contribution in [1.29, 1.82) is 0 Å². The Morgan fingerprint density at radius 3 is 2.50 bits per heavy atom. The van der Waals surface area contributed by atoms with Gasteiger partial charge in [-0.05, 0) is 74.0 Å². The highest BCUT2D eigenvalue weighted by Gasteiger charge is 2.28. The average molecular weight is 480 g/mol. The first kappa shape index (κ1) is 23.5. The predicted molar refractivity (Wildman–Crippen MR) is 133 cm³/mol. The van der Waals surface area contributed by atoms with Crippen molar-refractivity contribution >= 4 is 40.7 Å². The van der Waals surface area contributed by atoms with Crippen LogP contribution in [-0.4, -0.2) is 30.1 Å². The van der Waals surface area contributed by atoms with E-state index in [1.54, 1.807) is 54.9 Å². The molecule has 1 atom stereocenters. The maximum atomic E-state index is 13.0. The number of carbonyl (C=O) groups is 2. The van der Waals surface area contributed by atoms with Gasteiger partial charge in [-0.25, -0.2) is 4.79 Å². The Bertz CT molecular complexity index is 1150. The number of nitrogens with zero attached hydrogens (tertiary/aromatic N) is 1. The molecule has 1 fully saturated rings. The zero-order valence-electron chi connectivity index (χ0n) is 18.5. The molecule has 2 aromatic carbocycles. The maximum absolute atomic E-state index is 13.0. The number of hydrogen-bond donors (Lipinski definition) is 4. The summed E-state index contributed by atoms with van der Waals surface area (Å²) in [6.07, 6.45) is 4.08. The smallest absolute Gasteiger partial charge is 0.412 e. The molecule has 176 valence electrons. The molecule has 34 heavy (non-hydrogen) atoms. The summed E-state index contributed by atoms with van der Waals surface area (Å²) in [6, 6.07) is 15.2. The molecule has 2 amide bonds. The second-order valence-corrected chi connectivity index (χ2v) is 8.47. The third-order valence-corrected chi connectivity index (χ3v) is 6.06. The molecule has 1 saturated heterocycles. The number of nitrogen functional groups attached to an aromatic ring is 1. The van der Waals surface area contributed by atoms with E-state index >= 15 is 0 Å². The molecule has 0 saturated carbocycles. The Hall–Kier alpha value is -3.62. The molecule has 1 aliphatic rings. The summed E-state index contributed by atoms with van der Waals surface area (Å²) in [7, 11) is 0. The molecule has 0 bridgehead atoms. The predicted octanol–water partition coefficient (Wildman–Crippen LogP) is 4.86. The van der Waals surface area contributed by atoms with Crippen LogP contribution in [0.15, 0.2) is 67.0 Å². The number of halogens is 1. The van der Waals surface area contributed by atoms with Crippen molar-refractivity contribution in [3.05, 3.63) is 83.1 Å². The van der Waals surface area contributed by atoms with Gasteiger partial charge in [-0.15, -0.1) is 0 Å². The van der Waals surface area contributed by atoms with Crippen LogP contribution in [0.4, 0.5) is 21.9 Å². The van der Waals surface area contributed by atoms with Crippen molar-refractivity contribution < 1.29 is 14.3 Å². The van der Waals surface area contributed by atoms with E-state index in [9.17, 15) is 9.59 Å². The maximum Gasteiger partial charge on any atom is 0.412 e. The molecular weight excluding hydrogens is 454 g/mol. The first-order chi connectivity index (χ1) is 16.5. The number of hydrogen-bond acceptors (Lipinski definition) is 6. The molecule has 2 heterocycles. The third-order valence-electron chi connectivity index (χ3n) is 5.73. The molecule has 0 aliphatic carbocycles. The van der Waals surface area contributed by atoms with Gasteiger partial charge in [-0.2, -0.15) is 0 Å². The normalized spacial score (nSPS) is 14.7. The number of rotatable bonds is 6. The van der Waals surface area contributed by atoms with Gasteiger partial charge in [0.15, 0.2) is 0 Å². The van der Waals surface area contributed by atoms with Crippen LogP contribution in [0.1, 0.15) is 34.9 Å². The van der Waals surface area contributed by atoms with Crippen molar-refractivity contribution in [2.75, 3.05) is 29.5 Å². The van der Waals surface area contributed by atoms with Gasteiger partial charge in [-0.3, -0.25) is 15.1 Å². The van der Waals surface area contributed by atoms with Crippen LogP contribution in [0.25, 0.3) is 0 Å². The van der Waals surface area contributed by atoms with Crippen LogP contribution >= 0.6 is 11.6 Å². The highest BCUT2D eigenvalue weighted by molar-refractivity contribution is 6.34. The molecule has 0 radical (unpaired) electrons. The second-order valence-electron chi connectivity index (χ2n) is 8.06. The minimum Gasteiger partial charge on any atom is -0.441 e. The largest absolute Gasteiger partial charge is 0.441 e. The first-order valence-corrected chi connectivity index (χ1v) is 11.4. The van der Waals surface area contributed by atoms with Gasteiger partial charge in [0.1, 0.15) is 6.10 Å². The van der Waals surface area contributed by atoms with Gasteiger partial charge in [0, 0.05) is 24.0 Å².